The quantitative estimate of drug-likeness (QED) is 0.306. The van der Waals surface area contributed by atoms with Gasteiger partial charge in [-0.2, -0.15) is 0 Å². The lowest BCUT2D eigenvalue weighted by atomic mass is 10.0. The van der Waals surface area contributed by atoms with Gasteiger partial charge in [0.25, 0.3) is 0 Å². The van der Waals surface area contributed by atoms with Gasteiger partial charge in [-0.3, -0.25) is 9.88 Å². The zero-order valence-corrected chi connectivity index (χ0v) is 21.3. The average molecular weight is 467 g/mol. The normalized spacial score (nSPS) is 13.2. The van der Waals surface area contributed by atoms with Crippen molar-refractivity contribution in [3.63, 3.8) is 0 Å². The van der Waals surface area contributed by atoms with Gasteiger partial charge in [0, 0.05) is 42.8 Å². The van der Waals surface area contributed by atoms with Gasteiger partial charge in [-0.15, -0.1) is 0 Å². The lowest BCUT2D eigenvalue weighted by Crippen LogP contribution is -2.50. The Morgan fingerprint density at radius 3 is 2.30 bits per heavy atom. The predicted octanol–water partition coefficient (Wildman–Crippen LogP) is 6.18. The number of carbonyl (C=O) groups excluding carboxylic acids is 1. The molecule has 0 saturated carbocycles. The smallest absolute Gasteiger partial charge is 0.323 e. The van der Waals surface area contributed by atoms with E-state index < -0.39 is 0 Å². The van der Waals surface area contributed by atoms with Crippen LogP contribution in [0.3, 0.4) is 0 Å². The number of anilines is 1. The lowest BCUT2D eigenvalue weighted by molar-refractivity contribution is 0.206. The van der Waals surface area contributed by atoms with Crippen LogP contribution in [0.5, 0.6) is 0 Å². The van der Waals surface area contributed by atoms with E-state index in [1.807, 2.05) is 50.4 Å². The molecule has 4 rings (SSSR count). The maximum absolute atomic E-state index is 13.3. The SMILES string of the molecule is CC.CCCC(CCC)N1C(=O)N(C)Cc2cnc3ccc(-c4cnc(SC)nc4)nc3c21. The van der Waals surface area contributed by atoms with E-state index >= 15 is 0 Å². The number of carbonyl (C=O) groups is 1. The second-order valence-corrected chi connectivity index (χ2v) is 8.67. The summed E-state index contributed by atoms with van der Waals surface area (Å²) in [6.07, 6.45) is 11.4. The number of amides is 2. The Labute approximate surface area is 201 Å². The lowest BCUT2D eigenvalue weighted by Gasteiger charge is -2.40. The second-order valence-electron chi connectivity index (χ2n) is 7.89. The van der Waals surface area contributed by atoms with Gasteiger partial charge in [0.15, 0.2) is 5.16 Å². The van der Waals surface area contributed by atoms with Crippen molar-refractivity contribution < 1.29 is 4.79 Å². The van der Waals surface area contributed by atoms with E-state index in [9.17, 15) is 4.79 Å². The third-order valence-corrected chi connectivity index (χ3v) is 6.23. The van der Waals surface area contributed by atoms with E-state index in [2.05, 4.69) is 28.8 Å². The molecule has 8 heteroatoms. The fraction of sp³-hybridized carbons (Fsp3) is 0.480. The number of nitrogens with zero attached hydrogens (tertiary/aromatic N) is 6. The van der Waals surface area contributed by atoms with Gasteiger partial charge >= 0.3 is 6.03 Å². The fourth-order valence-corrected chi connectivity index (χ4v) is 4.52. The summed E-state index contributed by atoms with van der Waals surface area (Å²) in [6, 6.07) is 4.09. The molecule has 176 valence electrons. The van der Waals surface area contributed by atoms with Gasteiger partial charge < -0.3 is 4.90 Å². The Balaban J connectivity index is 0.00000149. The van der Waals surface area contributed by atoms with Crippen molar-refractivity contribution in [1.29, 1.82) is 0 Å². The van der Waals surface area contributed by atoms with Crippen LogP contribution in [0.1, 0.15) is 58.9 Å². The first-order valence-electron chi connectivity index (χ1n) is 11.8. The van der Waals surface area contributed by atoms with Crippen molar-refractivity contribution in [3.05, 3.63) is 36.3 Å². The minimum Gasteiger partial charge on any atom is -0.323 e. The van der Waals surface area contributed by atoms with E-state index in [4.69, 9.17) is 4.98 Å². The molecule has 0 aromatic carbocycles. The van der Waals surface area contributed by atoms with Crippen LogP contribution < -0.4 is 4.90 Å². The van der Waals surface area contributed by atoms with Crippen molar-refractivity contribution in [3.8, 4) is 11.3 Å². The van der Waals surface area contributed by atoms with E-state index in [0.29, 0.717) is 6.54 Å². The highest BCUT2D eigenvalue weighted by Gasteiger charge is 2.35. The molecular weight excluding hydrogens is 432 g/mol. The predicted molar refractivity (Wildman–Crippen MR) is 137 cm³/mol. The molecule has 0 unspecified atom stereocenters. The highest BCUT2D eigenvalue weighted by atomic mass is 32.2. The maximum Gasteiger partial charge on any atom is 0.324 e. The first-order chi connectivity index (χ1) is 16.1. The third kappa shape index (κ3) is 5.11. The van der Waals surface area contributed by atoms with Crippen LogP contribution >= 0.6 is 11.8 Å². The molecule has 1 aliphatic heterocycles. The summed E-state index contributed by atoms with van der Waals surface area (Å²) in [5, 5.41) is 0.727. The minimum absolute atomic E-state index is 0.0340. The van der Waals surface area contributed by atoms with Crippen LogP contribution in [0.4, 0.5) is 10.5 Å². The minimum atomic E-state index is 0.0340. The number of aromatic nitrogens is 4. The molecule has 2 amide bonds. The largest absolute Gasteiger partial charge is 0.324 e. The van der Waals surface area contributed by atoms with Crippen LogP contribution in [0.15, 0.2) is 35.9 Å². The van der Waals surface area contributed by atoms with E-state index in [1.54, 1.807) is 17.3 Å². The van der Waals surface area contributed by atoms with Crippen LogP contribution in [-0.4, -0.2) is 50.2 Å². The molecule has 0 atom stereocenters. The summed E-state index contributed by atoms with van der Waals surface area (Å²) >= 11 is 1.51. The Bertz CT molecular complexity index is 1080. The number of thioether (sulfide) groups is 1. The summed E-state index contributed by atoms with van der Waals surface area (Å²) < 4.78 is 0. The number of rotatable bonds is 7. The zero-order chi connectivity index (χ0) is 24.0. The summed E-state index contributed by atoms with van der Waals surface area (Å²) in [7, 11) is 1.85. The summed E-state index contributed by atoms with van der Waals surface area (Å²) in [6.45, 7) is 8.87. The standard InChI is InChI=1S/C23H28N6OS.C2H6/c1-5-7-17(8-6-2)29-21-16(14-28(3)23(29)30)13-24-19-10-9-18(27-20(19)21)15-11-25-22(31-4)26-12-15;1-2/h9-13,17H,5-8,14H2,1-4H3;1-2H3. The first-order valence-corrected chi connectivity index (χ1v) is 13.0. The molecule has 0 radical (unpaired) electrons. The van der Waals surface area contributed by atoms with Gasteiger partial charge in [0.2, 0.25) is 0 Å². The van der Waals surface area contributed by atoms with Gasteiger partial charge in [0.05, 0.1) is 23.4 Å². The van der Waals surface area contributed by atoms with E-state index in [-0.39, 0.29) is 12.1 Å². The van der Waals surface area contributed by atoms with Gasteiger partial charge in [0.1, 0.15) is 5.52 Å². The van der Waals surface area contributed by atoms with Crippen LogP contribution in [0.2, 0.25) is 0 Å². The molecule has 0 saturated heterocycles. The molecule has 3 aromatic heterocycles. The maximum atomic E-state index is 13.3. The zero-order valence-electron chi connectivity index (χ0n) is 20.5. The van der Waals surface area contributed by atoms with Crippen LogP contribution in [0.25, 0.3) is 22.3 Å². The van der Waals surface area contributed by atoms with Crippen molar-refractivity contribution in [1.82, 2.24) is 24.8 Å². The Morgan fingerprint density at radius 2 is 1.70 bits per heavy atom. The van der Waals surface area contributed by atoms with E-state index in [1.165, 1.54) is 11.8 Å². The number of pyridine rings is 2. The molecule has 7 nitrogen and oxygen atoms in total. The first kappa shape index (κ1) is 24.9. The average Bonchev–Trinajstić information content (AvgIpc) is 2.86. The van der Waals surface area contributed by atoms with Gasteiger partial charge in [-0.25, -0.2) is 19.7 Å². The molecule has 0 bridgehead atoms. The number of hydrogen-bond acceptors (Lipinski definition) is 6. The monoisotopic (exact) mass is 466 g/mol. The molecule has 0 aliphatic carbocycles. The van der Waals surface area contributed by atoms with Gasteiger partial charge in [-0.05, 0) is 31.2 Å². The third-order valence-electron chi connectivity index (χ3n) is 5.66. The Kier molecular flexibility index (Phi) is 8.61. The number of fused-ring (bicyclic) bond motifs is 3. The number of urea groups is 1. The van der Waals surface area contributed by atoms with Crippen molar-refractivity contribution in [2.45, 2.75) is 71.1 Å². The summed E-state index contributed by atoms with van der Waals surface area (Å²) in [4.78, 5) is 35.4. The van der Waals surface area contributed by atoms with Crippen LogP contribution in [-0.2, 0) is 6.54 Å². The number of hydrogen-bond donors (Lipinski definition) is 0. The van der Waals surface area contributed by atoms with Crippen molar-refractivity contribution in [2.75, 3.05) is 18.2 Å². The molecule has 33 heavy (non-hydrogen) atoms. The van der Waals surface area contributed by atoms with Crippen LogP contribution in [0, 0.1) is 0 Å². The highest BCUT2D eigenvalue weighted by molar-refractivity contribution is 7.98. The Hall–Kier alpha value is -2.74. The summed E-state index contributed by atoms with van der Waals surface area (Å²) in [5.74, 6) is 0. The van der Waals surface area contributed by atoms with Crippen molar-refractivity contribution in [2.24, 2.45) is 0 Å². The fourth-order valence-electron chi connectivity index (χ4n) is 4.20. The molecule has 0 fully saturated rings. The molecule has 4 heterocycles. The molecular formula is C25H34N6OS. The van der Waals surface area contributed by atoms with Crippen molar-refractivity contribution >= 4 is 34.5 Å². The second kappa shape index (κ2) is 11.4. The van der Waals surface area contributed by atoms with E-state index in [0.717, 1.165) is 64.4 Å². The van der Waals surface area contributed by atoms with Gasteiger partial charge in [-0.1, -0.05) is 52.3 Å². The Morgan fingerprint density at radius 1 is 1.03 bits per heavy atom. The molecule has 0 N–H and O–H groups in total. The highest BCUT2D eigenvalue weighted by Crippen LogP contribution is 2.37. The summed E-state index contributed by atoms with van der Waals surface area (Å²) in [5.41, 5.74) is 5.13. The molecule has 0 spiro atoms. The topological polar surface area (TPSA) is 75.1 Å². The molecule has 1 aliphatic rings. The molecule has 3 aromatic rings.